The van der Waals surface area contributed by atoms with Crippen LogP contribution in [0, 0.1) is 0 Å². The van der Waals surface area contributed by atoms with Crippen molar-refractivity contribution in [2.45, 2.75) is 39.5 Å². The smallest absolute Gasteiger partial charge is 0.429 e. The van der Waals surface area contributed by atoms with Crippen LogP contribution < -0.4 is 0 Å². The van der Waals surface area contributed by atoms with Gasteiger partial charge in [0.25, 0.3) is 0 Å². The molecular weight excluding hydrogens is 344 g/mol. The van der Waals surface area contributed by atoms with Crippen molar-refractivity contribution in [2.75, 3.05) is 7.05 Å². The lowest BCUT2D eigenvalue weighted by atomic mass is 10.2. The number of carbonyl (C=O) groups excluding carboxylic acids is 2. The molecule has 0 aromatic heterocycles. The molecule has 0 spiro atoms. The van der Waals surface area contributed by atoms with Crippen LogP contribution in [0.4, 0.5) is 9.59 Å². The molecule has 2 aromatic rings. The maximum Gasteiger partial charge on any atom is 0.429 e. The molecule has 0 saturated heterocycles. The van der Waals surface area contributed by atoms with Gasteiger partial charge < -0.3 is 9.47 Å². The summed E-state index contributed by atoms with van der Waals surface area (Å²) in [6.45, 7) is 5.64. The van der Waals surface area contributed by atoms with E-state index in [1.54, 1.807) is 20.8 Å². The average Bonchev–Trinajstić information content (AvgIpc) is 2.64. The van der Waals surface area contributed by atoms with Crippen molar-refractivity contribution in [1.29, 1.82) is 0 Å². The van der Waals surface area contributed by atoms with E-state index in [-0.39, 0.29) is 13.2 Å². The largest absolute Gasteiger partial charge is 0.443 e. The lowest BCUT2D eigenvalue weighted by molar-refractivity contribution is -0.0416. The van der Waals surface area contributed by atoms with E-state index in [0.29, 0.717) is 0 Å². The van der Waals surface area contributed by atoms with Gasteiger partial charge in [-0.2, -0.15) is 0 Å². The summed E-state index contributed by atoms with van der Waals surface area (Å²) in [5.74, 6) is 0. The molecule has 0 aliphatic rings. The van der Waals surface area contributed by atoms with Crippen LogP contribution in [0.5, 0.6) is 0 Å². The molecule has 27 heavy (non-hydrogen) atoms. The normalized spacial score (nSPS) is 10.8. The lowest BCUT2D eigenvalue weighted by Gasteiger charge is -2.33. The highest BCUT2D eigenvalue weighted by Gasteiger charge is 2.28. The summed E-state index contributed by atoms with van der Waals surface area (Å²) in [6, 6.07) is 18.7. The molecule has 0 fully saturated rings. The Bertz CT molecular complexity index is 742. The van der Waals surface area contributed by atoms with Crippen LogP contribution in [-0.4, -0.2) is 34.9 Å². The summed E-state index contributed by atoms with van der Waals surface area (Å²) < 4.78 is 10.8. The molecule has 0 heterocycles. The van der Waals surface area contributed by atoms with E-state index in [4.69, 9.17) is 9.47 Å². The molecule has 0 N–H and O–H groups in total. The van der Waals surface area contributed by atoms with E-state index < -0.39 is 17.8 Å². The van der Waals surface area contributed by atoms with Crippen molar-refractivity contribution < 1.29 is 19.1 Å². The SMILES string of the molecule is CN(C(=O)OCc1ccccc1)N(Cc1ccccc1)C(=O)OC(C)(C)C. The molecule has 144 valence electrons. The Morgan fingerprint density at radius 2 is 1.37 bits per heavy atom. The van der Waals surface area contributed by atoms with Gasteiger partial charge in [0.2, 0.25) is 0 Å². The van der Waals surface area contributed by atoms with Crippen LogP contribution in [-0.2, 0) is 22.6 Å². The number of amides is 2. The highest BCUT2D eigenvalue weighted by molar-refractivity contribution is 5.74. The molecule has 2 amide bonds. The molecule has 0 aliphatic heterocycles. The summed E-state index contributed by atoms with van der Waals surface area (Å²) in [6.07, 6.45) is -1.26. The van der Waals surface area contributed by atoms with Crippen LogP contribution in [0.25, 0.3) is 0 Å². The second-order valence-electron chi connectivity index (χ2n) is 7.09. The number of hydrogen-bond donors (Lipinski definition) is 0. The third-order valence-corrected chi connectivity index (χ3v) is 3.61. The molecule has 2 rings (SSSR count). The quantitative estimate of drug-likeness (QED) is 0.738. The van der Waals surface area contributed by atoms with Crippen molar-refractivity contribution >= 4 is 12.2 Å². The Hall–Kier alpha value is -3.02. The monoisotopic (exact) mass is 370 g/mol. The first-order chi connectivity index (χ1) is 12.8. The molecule has 6 nitrogen and oxygen atoms in total. The van der Waals surface area contributed by atoms with Crippen molar-refractivity contribution in [3.63, 3.8) is 0 Å². The van der Waals surface area contributed by atoms with Gasteiger partial charge in [-0.05, 0) is 31.9 Å². The summed E-state index contributed by atoms with van der Waals surface area (Å²) in [5, 5.41) is 2.37. The first-order valence-corrected chi connectivity index (χ1v) is 8.75. The fourth-order valence-corrected chi connectivity index (χ4v) is 2.28. The van der Waals surface area contributed by atoms with E-state index in [2.05, 4.69) is 0 Å². The first kappa shape index (κ1) is 20.3. The lowest BCUT2D eigenvalue weighted by Crippen LogP contribution is -2.49. The zero-order chi connectivity index (χ0) is 19.9. The van der Waals surface area contributed by atoms with Crippen LogP contribution in [0.1, 0.15) is 31.9 Å². The summed E-state index contributed by atoms with van der Waals surface area (Å²) >= 11 is 0. The van der Waals surface area contributed by atoms with Gasteiger partial charge in [-0.3, -0.25) is 0 Å². The minimum absolute atomic E-state index is 0.123. The molecule has 0 bridgehead atoms. The average molecular weight is 370 g/mol. The van der Waals surface area contributed by atoms with Gasteiger partial charge in [0.1, 0.15) is 12.2 Å². The maximum atomic E-state index is 12.6. The minimum Gasteiger partial charge on any atom is -0.443 e. The molecule has 6 heteroatoms. The minimum atomic E-state index is -0.680. The first-order valence-electron chi connectivity index (χ1n) is 8.75. The highest BCUT2D eigenvalue weighted by atomic mass is 16.6. The molecule has 0 aliphatic carbocycles. The predicted molar refractivity (Wildman–Crippen MR) is 103 cm³/mol. The molecule has 0 atom stereocenters. The van der Waals surface area contributed by atoms with Crippen molar-refractivity contribution in [3.8, 4) is 0 Å². The number of carbonyl (C=O) groups is 2. The van der Waals surface area contributed by atoms with Crippen LogP contribution >= 0.6 is 0 Å². The predicted octanol–water partition coefficient (Wildman–Crippen LogP) is 4.61. The summed E-state index contributed by atoms with van der Waals surface area (Å²) in [4.78, 5) is 25.1. The van der Waals surface area contributed by atoms with E-state index in [0.717, 1.165) is 16.1 Å². The summed E-state index contributed by atoms with van der Waals surface area (Å²) in [5.41, 5.74) is 1.05. The van der Waals surface area contributed by atoms with E-state index in [9.17, 15) is 9.59 Å². The number of rotatable bonds is 4. The summed E-state index contributed by atoms with van der Waals surface area (Å²) in [7, 11) is 1.49. The zero-order valence-corrected chi connectivity index (χ0v) is 16.2. The number of hydrogen-bond acceptors (Lipinski definition) is 4. The molecule has 0 saturated carbocycles. The standard InChI is InChI=1S/C21H26N2O4/c1-21(2,3)27-20(25)23(15-17-11-7-5-8-12-17)22(4)19(24)26-16-18-13-9-6-10-14-18/h5-14H,15-16H2,1-4H3. The van der Waals surface area contributed by atoms with E-state index in [1.165, 1.54) is 12.1 Å². The van der Waals surface area contributed by atoms with Crippen LogP contribution in [0.3, 0.4) is 0 Å². The van der Waals surface area contributed by atoms with Gasteiger partial charge >= 0.3 is 12.2 Å². The molecule has 0 radical (unpaired) electrons. The van der Waals surface area contributed by atoms with Crippen LogP contribution in [0.2, 0.25) is 0 Å². The third kappa shape index (κ3) is 6.66. The van der Waals surface area contributed by atoms with E-state index >= 15 is 0 Å². The van der Waals surface area contributed by atoms with E-state index in [1.807, 2.05) is 60.7 Å². The van der Waals surface area contributed by atoms with Gasteiger partial charge in [-0.25, -0.2) is 19.6 Å². The van der Waals surface area contributed by atoms with Gasteiger partial charge in [0, 0.05) is 7.05 Å². The third-order valence-electron chi connectivity index (χ3n) is 3.61. The second kappa shape index (κ2) is 9.07. The number of hydrazine groups is 1. The number of ether oxygens (including phenoxy) is 2. The Kier molecular flexibility index (Phi) is 6.82. The fraction of sp³-hybridized carbons (Fsp3) is 0.333. The van der Waals surface area contributed by atoms with Crippen LogP contribution in [0.15, 0.2) is 60.7 Å². The molecule has 0 unspecified atom stereocenters. The van der Waals surface area contributed by atoms with Gasteiger partial charge in [0.05, 0.1) is 6.54 Å². The molecular formula is C21H26N2O4. The Morgan fingerprint density at radius 3 is 1.89 bits per heavy atom. The van der Waals surface area contributed by atoms with Gasteiger partial charge in [0.15, 0.2) is 0 Å². The fourth-order valence-electron chi connectivity index (χ4n) is 2.28. The zero-order valence-electron chi connectivity index (χ0n) is 16.2. The second-order valence-corrected chi connectivity index (χ2v) is 7.09. The Morgan fingerprint density at radius 1 is 0.852 bits per heavy atom. The number of benzene rings is 2. The van der Waals surface area contributed by atoms with Crippen molar-refractivity contribution in [1.82, 2.24) is 10.0 Å². The highest BCUT2D eigenvalue weighted by Crippen LogP contribution is 2.15. The van der Waals surface area contributed by atoms with Gasteiger partial charge in [-0.1, -0.05) is 60.7 Å². The van der Waals surface area contributed by atoms with Crippen molar-refractivity contribution in [3.05, 3.63) is 71.8 Å². The Labute approximate surface area is 160 Å². The number of nitrogens with zero attached hydrogens (tertiary/aromatic N) is 2. The molecule has 2 aromatic carbocycles. The topological polar surface area (TPSA) is 59.1 Å². The Balaban J connectivity index is 2.10. The van der Waals surface area contributed by atoms with Gasteiger partial charge in [-0.15, -0.1) is 0 Å². The van der Waals surface area contributed by atoms with Crippen molar-refractivity contribution in [2.24, 2.45) is 0 Å². The maximum absolute atomic E-state index is 12.6.